The topological polar surface area (TPSA) is 70.1 Å². The molecule has 0 aliphatic carbocycles. The molecular formula is C13H16ClN3O. The molecule has 0 spiro atoms. The third-order valence-electron chi connectivity index (χ3n) is 2.60. The van der Waals surface area contributed by atoms with E-state index in [0.717, 1.165) is 0 Å². The predicted molar refractivity (Wildman–Crippen MR) is 72.3 cm³/mol. The quantitative estimate of drug-likeness (QED) is 0.851. The van der Waals surface area contributed by atoms with E-state index in [1.54, 1.807) is 23.1 Å². The molecule has 0 aliphatic rings. The van der Waals surface area contributed by atoms with Crippen LogP contribution < -0.4 is 5.73 Å². The minimum atomic E-state index is -0.137. The molecule has 0 heterocycles. The van der Waals surface area contributed by atoms with Crippen LogP contribution in [0.25, 0.3) is 0 Å². The van der Waals surface area contributed by atoms with Crippen LogP contribution in [0.4, 0.5) is 5.69 Å². The van der Waals surface area contributed by atoms with Crippen LogP contribution in [0.1, 0.15) is 30.6 Å². The van der Waals surface area contributed by atoms with E-state index in [1.807, 2.05) is 19.9 Å². The molecule has 1 rings (SSSR count). The van der Waals surface area contributed by atoms with Crippen LogP contribution >= 0.6 is 11.6 Å². The average molecular weight is 266 g/mol. The molecule has 5 heteroatoms. The fourth-order valence-corrected chi connectivity index (χ4v) is 1.77. The number of nitriles is 1. The molecule has 0 saturated carbocycles. The van der Waals surface area contributed by atoms with Gasteiger partial charge in [-0.1, -0.05) is 11.6 Å². The Morgan fingerprint density at radius 3 is 2.72 bits per heavy atom. The Balaban J connectivity index is 2.95. The molecule has 96 valence electrons. The minimum Gasteiger partial charge on any atom is -0.398 e. The third kappa shape index (κ3) is 3.38. The summed E-state index contributed by atoms with van der Waals surface area (Å²) in [6.45, 7) is 4.23. The van der Waals surface area contributed by atoms with Crippen molar-refractivity contribution >= 4 is 23.2 Å². The highest BCUT2D eigenvalue weighted by atomic mass is 35.5. The number of nitrogens with two attached hydrogens (primary N) is 1. The van der Waals surface area contributed by atoms with E-state index in [-0.39, 0.29) is 11.9 Å². The summed E-state index contributed by atoms with van der Waals surface area (Å²) < 4.78 is 0. The van der Waals surface area contributed by atoms with Crippen LogP contribution in [0.2, 0.25) is 5.02 Å². The maximum absolute atomic E-state index is 12.3. The highest BCUT2D eigenvalue weighted by molar-refractivity contribution is 6.33. The van der Waals surface area contributed by atoms with Gasteiger partial charge >= 0.3 is 0 Å². The summed E-state index contributed by atoms with van der Waals surface area (Å²) in [4.78, 5) is 13.9. The molecule has 0 fully saturated rings. The van der Waals surface area contributed by atoms with Gasteiger partial charge in [-0.2, -0.15) is 5.26 Å². The van der Waals surface area contributed by atoms with Crippen LogP contribution in [-0.4, -0.2) is 23.4 Å². The van der Waals surface area contributed by atoms with Crippen molar-refractivity contribution in [1.82, 2.24) is 4.90 Å². The minimum absolute atomic E-state index is 0.0298. The SMILES string of the molecule is CC(C)N(CCC#N)C(=O)c1ccc(N)c(Cl)c1. The van der Waals surface area contributed by atoms with E-state index in [1.165, 1.54) is 0 Å². The second-order valence-corrected chi connectivity index (χ2v) is 4.64. The molecule has 0 unspecified atom stereocenters. The number of carbonyl (C=O) groups is 1. The lowest BCUT2D eigenvalue weighted by Gasteiger charge is -2.26. The van der Waals surface area contributed by atoms with Gasteiger partial charge in [0.2, 0.25) is 0 Å². The molecule has 0 saturated heterocycles. The van der Waals surface area contributed by atoms with Crippen LogP contribution in [-0.2, 0) is 0 Å². The van der Waals surface area contributed by atoms with Crippen molar-refractivity contribution in [2.24, 2.45) is 0 Å². The van der Waals surface area contributed by atoms with E-state index in [4.69, 9.17) is 22.6 Å². The molecule has 18 heavy (non-hydrogen) atoms. The van der Waals surface area contributed by atoms with Gasteiger partial charge in [-0.05, 0) is 32.0 Å². The maximum atomic E-state index is 12.3. The number of amides is 1. The first-order chi connectivity index (χ1) is 8.47. The van der Waals surface area contributed by atoms with Gasteiger partial charge in [0.1, 0.15) is 0 Å². The highest BCUT2D eigenvalue weighted by Gasteiger charge is 2.18. The van der Waals surface area contributed by atoms with E-state index in [0.29, 0.717) is 29.2 Å². The van der Waals surface area contributed by atoms with Crippen molar-refractivity contribution in [1.29, 1.82) is 5.26 Å². The lowest BCUT2D eigenvalue weighted by atomic mass is 10.1. The normalized spacial score (nSPS) is 10.2. The summed E-state index contributed by atoms with van der Waals surface area (Å²) in [5.41, 5.74) is 6.54. The standard InChI is InChI=1S/C13H16ClN3O/c1-9(2)17(7-3-6-15)13(18)10-4-5-12(16)11(14)8-10/h4-5,8-9H,3,7,16H2,1-2H3. The molecule has 0 aliphatic heterocycles. The molecule has 0 bridgehead atoms. The summed E-state index contributed by atoms with van der Waals surface area (Å²) in [6, 6.07) is 6.88. The Morgan fingerprint density at radius 2 is 2.22 bits per heavy atom. The fraction of sp³-hybridized carbons (Fsp3) is 0.385. The van der Waals surface area contributed by atoms with Crippen LogP contribution in [0.3, 0.4) is 0 Å². The van der Waals surface area contributed by atoms with E-state index < -0.39 is 0 Å². The smallest absolute Gasteiger partial charge is 0.254 e. The number of nitrogen functional groups attached to an aromatic ring is 1. The van der Waals surface area contributed by atoms with E-state index in [2.05, 4.69) is 0 Å². The van der Waals surface area contributed by atoms with Crippen molar-refractivity contribution in [2.75, 3.05) is 12.3 Å². The van der Waals surface area contributed by atoms with Crippen LogP contribution in [0, 0.1) is 11.3 Å². The largest absolute Gasteiger partial charge is 0.398 e. The van der Waals surface area contributed by atoms with Crippen molar-refractivity contribution in [3.05, 3.63) is 28.8 Å². The van der Waals surface area contributed by atoms with Gasteiger partial charge in [-0.3, -0.25) is 4.79 Å². The van der Waals surface area contributed by atoms with Crippen molar-refractivity contribution in [3.8, 4) is 6.07 Å². The molecule has 1 aromatic carbocycles. The number of halogens is 1. The Hall–Kier alpha value is -1.73. The van der Waals surface area contributed by atoms with Crippen LogP contribution in [0.15, 0.2) is 18.2 Å². The number of benzene rings is 1. The van der Waals surface area contributed by atoms with E-state index >= 15 is 0 Å². The summed E-state index contributed by atoms with van der Waals surface area (Å²) in [5, 5.41) is 8.97. The lowest BCUT2D eigenvalue weighted by Crippen LogP contribution is -2.37. The zero-order valence-electron chi connectivity index (χ0n) is 10.5. The molecule has 1 amide bonds. The lowest BCUT2D eigenvalue weighted by molar-refractivity contribution is 0.0710. The van der Waals surface area contributed by atoms with Gasteiger partial charge in [0.05, 0.1) is 23.2 Å². The number of anilines is 1. The number of carbonyl (C=O) groups excluding carboxylic acids is 1. The average Bonchev–Trinajstić information content (AvgIpc) is 2.32. The first kappa shape index (κ1) is 14.3. The summed E-state index contributed by atoms with van der Waals surface area (Å²) >= 11 is 5.90. The predicted octanol–water partition coefficient (Wildman–Crippen LogP) is 2.69. The Morgan fingerprint density at radius 1 is 1.56 bits per heavy atom. The number of nitrogens with zero attached hydrogens (tertiary/aromatic N) is 2. The van der Waals surface area contributed by atoms with Crippen molar-refractivity contribution in [2.45, 2.75) is 26.3 Å². The zero-order valence-corrected chi connectivity index (χ0v) is 11.2. The molecular weight excluding hydrogens is 250 g/mol. The zero-order chi connectivity index (χ0) is 13.7. The van der Waals surface area contributed by atoms with Gasteiger partial charge in [-0.25, -0.2) is 0 Å². The third-order valence-corrected chi connectivity index (χ3v) is 2.92. The molecule has 2 N–H and O–H groups in total. The molecule has 0 atom stereocenters. The molecule has 4 nitrogen and oxygen atoms in total. The van der Waals surface area contributed by atoms with Gasteiger partial charge in [-0.15, -0.1) is 0 Å². The molecule has 1 aromatic rings. The van der Waals surface area contributed by atoms with Crippen LogP contribution in [0.5, 0.6) is 0 Å². The summed E-state index contributed by atoms with van der Waals surface area (Å²) in [6.07, 6.45) is 0.312. The maximum Gasteiger partial charge on any atom is 0.254 e. The molecule has 0 aromatic heterocycles. The second kappa shape index (κ2) is 6.27. The van der Waals surface area contributed by atoms with Crippen molar-refractivity contribution < 1.29 is 4.79 Å². The Labute approximate surface area is 112 Å². The molecule has 0 radical (unpaired) electrons. The van der Waals surface area contributed by atoms with Gasteiger partial charge in [0.15, 0.2) is 0 Å². The van der Waals surface area contributed by atoms with Gasteiger partial charge < -0.3 is 10.6 Å². The Bertz CT molecular complexity index is 480. The van der Waals surface area contributed by atoms with E-state index in [9.17, 15) is 4.79 Å². The van der Waals surface area contributed by atoms with Crippen molar-refractivity contribution in [3.63, 3.8) is 0 Å². The first-order valence-corrected chi connectivity index (χ1v) is 6.08. The van der Waals surface area contributed by atoms with Gasteiger partial charge in [0, 0.05) is 18.2 Å². The first-order valence-electron chi connectivity index (χ1n) is 5.70. The van der Waals surface area contributed by atoms with Gasteiger partial charge in [0.25, 0.3) is 5.91 Å². The monoisotopic (exact) mass is 265 g/mol. The second-order valence-electron chi connectivity index (χ2n) is 4.24. The summed E-state index contributed by atoms with van der Waals surface area (Å²) in [7, 11) is 0. The number of rotatable bonds is 4. The Kier molecular flexibility index (Phi) is 4.99. The fourth-order valence-electron chi connectivity index (χ4n) is 1.59. The number of hydrogen-bond donors (Lipinski definition) is 1. The number of hydrogen-bond acceptors (Lipinski definition) is 3. The summed E-state index contributed by atoms with van der Waals surface area (Å²) in [5.74, 6) is -0.137. The highest BCUT2D eigenvalue weighted by Crippen LogP contribution is 2.21.